The molecule has 0 saturated carbocycles. The Morgan fingerprint density at radius 3 is 2.70 bits per heavy atom. The fourth-order valence-corrected chi connectivity index (χ4v) is 2.71. The minimum Gasteiger partial charge on any atom is -0.456 e. The van der Waals surface area contributed by atoms with E-state index in [1.54, 1.807) is 30.7 Å². The predicted octanol–water partition coefficient (Wildman–Crippen LogP) is 3.56. The van der Waals surface area contributed by atoms with Crippen LogP contribution >= 0.6 is 0 Å². The van der Waals surface area contributed by atoms with Gasteiger partial charge in [0.25, 0.3) is 5.91 Å². The molecule has 3 heterocycles. The van der Waals surface area contributed by atoms with Crippen molar-refractivity contribution in [2.45, 2.75) is 6.92 Å². The number of hydrogen-bond acceptors (Lipinski definition) is 5. The Morgan fingerprint density at radius 2 is 1.96 bits per heavy atom. The molecule has 2 N–H and O–H groups in total. The summed E-state index contributed by atoms with van der Waals surface area (Å²) >= 11 is 0. The van der Waals surface area contributed by atoms with Crippen LogP contribution in [0.4, 0.5) is 0 Å². The van der Waals surface area contributed by atoms with Crippen molar-refractivity contribution < 1.29 is 9.53 Å². The lowest BCUT2D eigenvalue weighted by atomic mass is 10.2. The van der Waals surface area contributed by atoms with E-state index in [2.05, 4.69) is 25.3 Å². The summed E-state index contributed by atoms with van der Waals surface area (Å²) in [5, 5.41) is 3.71. The van der Waals surface area contributed by atoms with E-state index in [9.17, 15) is 4.79 Å². The van der Waals surface area contributed by atoms with Crippen molar-refractivity contribution in [1.82, 2.24) is 25.3 Å². The highest BCUT2D eigenvalue weighted by atomic mass is 16.5. The molecule has 1 amide bonds. The number of carbonyl (C=O) groups is 1. The molecule has 0 aliphatic rings. The summed E-state index contributed by atoms with van der Waals surface area (Å²) in [6.07, 6.45) is 6.55. The van der Waals surface area contributed by atoms with Crippen LogP contribution in [0.15, 0.2) is 61.2 Å². The van der Waals surface area contributed by atoms with Gasteiger partial charge in [0.2, 0.25) is 0 Å². The van der Waals surface area contributed by atoms with Gasteiger partial charge in [0, 0.05) is 29.8 Å². The summed E-state index contributed by atoms with van der Waals surface area (Å²) in [7, 11) is 0. The lowest BCUT2D eigenvalue weighted by molar-refractivity contribution is 0.0951. The fourth-order valence-electron chi connectivity index (χ4n) is 2.71. The lowest BCUT2D eigenvalue weighted by Gasteiger charge is -2.06. The van der Waals surface area contributed by atoms with Crippen LogP contribution in [0.1, 0.15) is 17.4 Å². The number of aromatic amines is 1. The zero-order chi connectivity index (χ0) is 18.6. The number of ether oxygens (including phenoxy) is 1. The van der Waals surface area contributed by atoms with Crippen LogP contribution in [0.2, 0.25) is 0 Å². The van der Waals surface area contributed by atoms with Gasteiger partial charge in [-0.3, -0.25) is 14.8 Å². The molecule has 4 aromatic rings. The first-order chi connectivity index (χ1) is 13.2. The number of rotatable bonds is 5. The Morgan fingerprint density at radius 1 is 1.07 bits per heavy atom. The van der Waals surface area contributed by atoms with Gasteiger partial charge < -0.3 is 15.0 Å². The van der Waals surface area contributed by atoms with Gasteiger partial charge in [-0.2, -0.15) is 0 Å². The number of aromatic nitrogens is 4. The van der Waals surface area contributed by atoms with E-state index >= 15 is 0 Å². The van der Waals surface area contributed by atoms with Crippen LogP contribution in [-0.2, 0) is 0 Å². The number of H-pyrrole nitrogens is 1. The molecule has 7 heteroatoms. The maximum absolute atomic E-state index is 11.8. The number of benzene rings is 1. The van der Waals surface area contributed by atoms with E-state index in [4.69, 9.17) is 4.74 Å². The highest BCUT2D eigenvalue weighted by Gasteiger charge is 2.08. The molecule has 0 aliphatic heterocycles. The predicted molar refractivity (Wildman–Crippen MR) is 102 cm³/mol. The van der Waals surface area contributed by atoms with Crippen molar-refractivity contribution in [2.24, 2.45) is 0 Å². The number of carbonyl (C=O) groups excluding carboxylic acids is 1. The number of nitrogens with one attached hydrogen (secondary N) is 2. The van der Waals surface area contributed by atoms with Gasteiger partial charge in [-0.05, 0) is 43.3 Å². The molecule has 0 saturated heterocycles. The average molecular weight is 359 g/mol. The summed E-state index contributed by atoms with van der Waals surface area (Å²) in [4.78, 5) is 27.6. The maximum Gasteiger partial charge on any atom is 0.269 e. The number of nitrogens with zero attached hydrogens (tertiary/aromatic N) is 3. The number of hydrogen-bond donors (Lipinski definition) is 2. The van der Waals surface area contributed by atoms with Gasteiger partial charge in [-0.25, -0.2) is 4.98 Å². The molecule has 4 rings (SSSR count). The zero-order valence-electron chi connectivity index (χ0n) is 14.6. The molecule has 27 heavy (non-hydrogen) atoms. The fraction of sp³-hybridized carbons (Fsp3) is 0.100. The van der Waals surface area contributed by atoms with Crippen molar-refractivity contribution in [3.63, 3.8) is 0 Å². The molecule has 3 aromatic heterocycles. The van der Waals surface area contributed by atoms with E-state index in [-0.39, 0.29) is 5.91 Å². The molecular formula is C20H17N5O2. The normalized spacial score (nSPS) is 10.7. The van der Waals surface area contributed by atoms with Crippen LogP contribution in [-0.4, -0.2) is 32.4 Å². The first kappa shape index (κ1) is 16.7. The number of fused-ring (bicyclic) bond motifs is 1. The molecule has 134 valence electrons. The summed E-state index contributed by atoms with van der Waals surface area (Å²) in [6, 6.07) is 11.1. The summed E-state index contributed by atoms with van der Waals surface area (Å²) < 4.78 is 5.86. The molecule has 0 fully saturated rings. The molecule has 7 nitrogen and oxygen atoms in total. The Balaban J connectivity index is 1.55. The third-order valence-electron chi connectivity index (χ3n) is 3.97. The summed E-state index contributed by atoms with van der Waals surface area (Å²) in [6.45, 7) is 2.42. The molecule has 0 aliphatic carbocycles. The molecule has 1 aromatic carbocycles. The van der Waals surface area contributed by atoms with Crippen LogP contribution in [0.25, 0.3) is 22.3 Å². The van der Waals surface area contributed by atoms with Gasteiger partial charge in [0.1, 0.15) is 22.9 Å². The second kappa shape index (κ2) is 7.25. The van der Waals surface area contributed by atoms with Gasteiger partial charge >= 0.3 is 0 Å². The van der Waals surface area contributed by atoms with Crippen molar-refractivity contribution in [1.29, 1.82) is 0 Å². The lowest BCUT2D eigenvalue weighted by Crippen LogP contribution is -2.23. The summed E-state index contributed by atoms with van der Waals surface area (Å²) in [5.74, 6) is 1.04. The van der Waals surface area contributed by atoms with Crippen LogP contribution in [0, 0.1) is 0 Å². The Kier molecular flexibility index (Phi) is 4.49. The quantitative estimate of drug-likeness (QED) is 0.568. The van der Waals surface area contributed by atoms with Crippen LogP contribution in [0.3, 0.4) is 0 Å². The Bertz CT molecular complexity index is 1070. The first-order valence-electron chi connectivity index (χ1n) is 8.54. The number of amides is 1. The van der Waals surface area contributed by atoms with E-state index in [0.717, 1.165) is 22.3 Å². The second-order valence-electron chi connectivity index (χ2n) is 5.86. The standard InChI is InChI=1S/C20H17N5O2/c1-2-22-20(26)17-6-4-15(11-24-17)27-14-3-5-16-13(9-14)10-18(25-16)19-12-21-7-8-23-19/h3-12,25H,2H2,1H3,(H,22,26). The highest BCUT2D eigenvalue weighted by molar-refractivity contribution is 5.92. The van der Waals surface area contributed by atoms with Crippen molar-refractivity contribution >= 4 is 16.8 Å². The Hall–Kier alpha value is -3.74. The monoisotopic (exact) mass is 359 g/mol. The first-order valence-corrected chi connectivity index (χ1v) is 8.54. The van der Waals surface area contributed by atoms with Crippen molar-refractivity contribution in [3.05, 3.63) is 66.9 Å². The van der Waals surface area contributed by atoms with Gasteiger partial charge in [-0.1, -0.05) is 0 Å². The summed E-state index contributed by atoms with van der Waals surface area (Å²) in [5.41, 5.74) is 3.01. The molecular weight excluding hydrogens is 342 g/mol. The van der Waals surface area contributed by atoms with Gasteiger partial charge in [-0.15, -0.1) is 0 Å². The SMILES string of the molecule is CCNC(=O)c1ccc(Oc2ccc3[nH]c(-c4cnccn4)cc3c2)cn1. The molecule has 0 bridgehead atoms. The topological polar surface area (TPSA) is 92.8 Å². The smallest absolute Gasteiger partial charge is 0.269 e. The highest BCUT2D eigenvalue weighted by Crippen LogP contribution is 2.28. The third kappa shape index (κ3) is 3.62. The third-order valence-corrected chi connectivity index (χ3v) is 3.97. The minimum atomic E-state index is -0.200. The molecule has 0 radical (unpaired) electrons. The second-order valence-corrected chi connectivity index (χ2v) is 5.86. The van der Waals surface area contributed by atoms with E-state index in [1.165, 1.54) is 6.20 Å². The van der Waals surface area contributed by atoms with Crippen LogP contribution in [0.5, 0.6) is 11.5 Å². The maximum atomic E-state index is 11.8. The van der Waals surface area contributed by atoms with Crippen LogP contribution < -0.4 is 10.1 Å². The van der Waals surface area contributed by atoms with E-state index in [0.29, 0.717) is 23.7 Å². The minimum absolute atomic E-state index is 0.200. The van der Waals surface area contributed by atoms with Crippen molar-refractivity contribution in [2.75, 3.05) is 6.54 Å². The van der Waals surface area contributed by atoms with Gasteiger partial charge in [0.05, 0.1) is 18.1 Å². The van der Waals surface area contributed by atoms with Gasteiger partial charge in [0.15, 0.2) is 0 Å². The number of pyridine rings is 1. The molecule has 0 unspecified atom stereocenters. The Labute approximate surface area is 155 Å². The largest absolute Gasteiger partial charge is 0.456 e. The average Bonchev–Trinajstić information content (AvgIpc) is 3.13. The zero-order valence-corrected chi connectivity index (χ0v) is 14.6. The van der Waals surface area contributed by atoms with Crippen molar-refractivity contribution in [3.8, 4) is 22.9 Å². The molecule has 0 spiro atoms. The molecule has 0 atom stereocenters. The van der Waals surface area contributed by atoms with E-state index in [1.807, 2.05) is 31.2 Å². The van der Waals surface area contributed by atoms with E-state index < -0.39 is 0 Å².